The van der Waals surface area contributed by atoms with Crippen LogP contribution in [0.3, 0.4) is 0 Å². The smallest absolute Gasteiger partial charge is 0.122 e. The third kappa shape index (κ3) is 9.57. The van der Waals surface area contributed by atoms with Crippen molar-refractivity contribution in [2.75, 3.05) is 12.8 Å². The molecule has 0 aliphatic carbocycles. The lowest BCUT2D eigenvalue weighted by Gasteiger charge is -2.10. The van der Waals surface area contributed by atoms with E-state index in [2.05, 4.69) is 71.9 Å². The standard InChI is InChI=1S/2C10H14O.C9H13N/c1-8(2)9-6-4-5-7-10(9)11-3;1-8(2)10-5-3-9(7-11)4-6-10;1-7(2)8-3-5-9(10)6-4-8/h4-8H,1-3H3;3-6,8,11H,7H2,1-2H3;3-7H,10H2,1-2H3. The molecule has 0 bridgehead atoms. The van der Waals surface area contributed by atoms with Gasteiger partial charge in [-0.1, -0.05) is 96.1 Å². The number of nitrogens with two attached hydrogens (primary N) is 1. The summed E-state index contributed by atoms with van der Waals surface area (Å²) < 4.78 is 5.21. The number of hydrogen-bond donors (Lipinski definition) is 2. The SMILES string of the molecule is CC(C)c1ccc(CO)cc1.CC(C)c1ccc(N)cc1.COc1ccccc1C(C)C. The molecule has 0 saturated heterocycles. The number of ether oxygens (including phenoxy) is 1. The number of benzene rings is 3. The van der Waals surface area contributed by atoms with Crippen molar-refractivity contribution in [2.45, 2.75) is 65.9 Å². The van der Waals surface area contributed by atoms with E-state index in [0.717, 1.165) is 17.0 Å². The minimum absolute atomic E-state index is 0.137. The number of aliphatic hydroxyl groups is 1. The van der Waals surface area contributed by atoms with Gasteiger partial charge in [-0.15, -0.1) is 0 Å². The van der Waals surface area contributed by atoms with Gasteiger partial charge in [-0.05, 0) is 58.2 Å². The fourth-order valence-corrected chi connectivity index (χ4v) is 3.03. The number of hydrogen-bond acceptors (Lipinski definition) is 3. The van der Waals surface area contributed by atoms with Crippen molar-refractivity contribution in [3.05, 3.63) is 95.1 Å². The summed E-state index contributed by atoms with van der Waals surface area (Å²) in [6, 6.07) is 24.2. The molecule has 3 heteroatoms. The normalized spacial score (nSPS) is 10.3. The first-order valence-electron chi connectivity index (χ1n) is 11.4. The summed E-state index contributed by atoms with van der Waals surface area (Å²) in [7, 11) is 1.71. The second kappa shape index (κ2) is 14.3. The molecule has 0 aliphatic heterocycles. The highest BCUT2D eigenvalue weighted by Gasteiger charge is 2.04. The molecule has 0 heterocycles. The summed E-state index contributed by atoms with van der Waals surface area (Å²) in [6.45, 7) is 13.1. The van der Waals surface area contributed by atoms with Gasteiger partial charge in [0, 0.05) is 5.69 Å². The average molecular weight is 436 g/mol. The van der Waals surface area contributed by atoms with E-state index >= 15 is 0 Å². The molecule has 3 aromatic carbocycles. The molecule has 3 N–H and O–H groups in total. The number of anilines is 1. The van der Waals surface area contributed by atoms with Crippen molar-refractivity contribution in [1.29, 1.82) is 0 Å². The maximum atomic E-state index is 8.77. The lowest BCUT2D eigenvalue weighted by Crippen LogP contribution is -1.92. The molecule has 3 rings (SSSR count). The first-order valence-corrected chi connectivity index (χ1v) is 11.4. The van der Waals surface area contributed by atoms with Crippen LogP contribution in [0.5, 0.6) is 5.75 Å². The van der Waals surface area contributed by atoms with Crippen LogP contribution >= 0.6 is 0 Å². The van der Waals surface area contributed by atoms with Crippen LogP contribution in [0.25, 0.3) is 0 Å². The predicted molar refractivity (Wildman–Crippen MR) is 138 cm³/mol. The summed E-state index contributed by atoms with van der Waals surface area (Å²) in [5.74, 6) is 2.69. The van der Waals surface area contributed by atoms with Gasteiger partial charge in [0.05, 0.1) is 13.7 Å². The molecule has 174 valence electrons. The minimum atomic E-state index is 0.137. The van der Waals surface area contributed by atoms with Crippen molar-refractivity contribution in [3.63, 3.8) is 0 Å². The van der Waals surface area contributed by atoms with Gasteiger partial charge in [-0.2, -0.15) is 0 Å². The molecule has 3 aromatic rings. The molecule has 32 heavy (non-hydrogen) atoms. The number of methoxy groups -OCH3 is 1. The van der Waals surface area contributed by atoms with Crippen LogP contribution in [0, 0.1) is 0 Å². The summed E-state index contributed by atoms with van der Waals surface area (Å²) in [6.07, 6.45) is 0. The highest BCUT2D eigenvalue weighted by molar-refractivity contribution is 5.40. The third-order valence-corrected chi connectivity index (χ3v) is 5.19. The molecule has 0 aromatic heterocycles. The van der Waals surface area contributed by atoms with Crippen LogP contribution in [0.1, 0.15) is 81.5 Å². The average Bonchev–Trinajstić information content (AvgIpc) is 2.80. The van der Waals surface area contributed by atoms with Gasteiger partial charge in [-0.25, -0.2) is 0 Å². The van der Waals surface area contributed by atoms with Gasteiger partial charge in [-0.3, -0.25) is 0 Å². The van der Waals surface area contributed by atoms with Crippen molar-refractivity contribution in [2.24, 2.45) is 0 Å². The molecule has 0 unspecified atom stereocenters. The zero-order valence-electron chi connectivity index (χ0n) is 20.8. The van der Waals surface area contributed by atoms with E-state index < -0.39 is 0 Å². The Balaban J connectivity index is 0.000000240. The van der Waals surface area contributed by atoms with Crippen LogP contribution in [-0.2, 0) is 6.61 Å². The largest absolute Gasteiger partial charge is 0.496 e. The zero-order chi connectivity index (χ0) is 24.1. The number of para-hydroxylation sites is 1. The van der Waals surface area contributed by atoms with E-state index in [9.17, 15) is 0 Å². The topological polar surface area (TPSA) is 55.5 Å². The Bertz CT molecular complexity index is 882. The van der Waals surface area contributed by atoms with E-state index in [0.29, 0.717) is 17.8 Å². The van der Waals surface area contributed by atoms with Crippen molar-refractivity contribution >= 4 is 5.69 Å². The second-order valence-electron chi connectivity index (χ2n) is 8.77. The van der Waals surface area contributed by atoms with Gasteiger partial charge >= 0.3 is 0 Å². The molecule has 0 aliphatic rings. The fourth-order valence-electron chi connectivity index (χ4n) is 3.03. The lowest BCUT2D eigenvalue weighted by molar-refractivity contribution is 0.282. The molecule has 0 atom stereocenters. The molecule has 0 spiro atoms. The Morgan fingerprint density at radius 2 is 1.16 bits per heavy atom. The van der Waals surface area contributed by atoms with E-state index in [-0.39, 0.29) is 6.61 Å². The Morgan fingerprint density at radius 3 is 1.53 bits per heavy atom. The first kappa shape index (κ1) is 27.3. The Hall–Kier alpha value is -2.78. The highest BCUT2D eigenvalue weighted by atomic mass is 16.5. The molecule has 0 radical (unpaired) electrons. The lowest BCUT2D eigenvalue weighted by atomic mass is 10.0. The Morgan fingerprint density at radius 1 is 0.688 bits per heavy atom. The van der Waals surface area contributed by atoms with Gasteiger partial charge in [0.1, 0.15) is 5.75 Å². The van der Waals surface area contributed by atoms with Gasteiger partial charge in [0.25, 0.3) is 0 Å². The molecule has 0 saturated carbocycles. The van der Waals surface area contributed by atoms with E-state index in [4.69, 9.17) is 15.6 Å². The van der Waals surface area contributed by atoms with E-state index in [1.165, 1.54) is 16.7 Å². The summed E-state index contributed by atoms with van der Waals surface area (Å²) in [4.78, 5) is 0. The van der Waals surface area contributed by atoms with E-state index in [1.54, 1.807) is 7.11 Å². The van der Waals surface area contributed by atoms with Gasteiger partial charge < -0.3 is 15.6 Å². The molecular weight excluding hydrogens is 394 g/mol. The van der Waals surface area contributed by atoms with Crippen molar-refractivity contribution in [3.8, 4) is 5.75 Å². The van der Waals surface area contributed by atoms with Crippen LogP contribution < -0.4 is 10.5 Å². The van der Waals surface area contributed by atoms with Crippen molar-refractivity contribution < 1.29 is 9.84 Å². The fraction of sp³-hybridized carbons (Fsp3) is 0.379. The Labute approximate surface area is 195 Å². The molecular formula is C29H41NO2. The van der Waals surface area contributed by atoms with E-state index in [1.807, 2.05) is 42.5 Å². The predicted octanol–water partition coefficient (Wildman–Crippen LogP) is 7.51. The summed E-state index contributed by atoms with van der Waals surface area (Å²) >= 11 is 0. The quantitative estimate of drug-likeness (QED) is 0.408. The van der Waals surface area contributed by atoms with Gasteiger partial charge in [0.2, 0.25) is 0 Å². The van der Waals surface area contributed by atoms with Crippen LogP contribution in [0.4, 0.5) is 5.69 Å². The van der Waals surface area contributed by atoms with Crippen LogP contribution in [0.2, 0.25) is 0 Å². The van der Waals surface area contributed by atoms with Crippen molar-refractivity contribution in [1.82, 2.24) is 0 Å². The summed E-state index contributed by atoms with van der Waals surface area (Å²) in [5.41, 5.74) is 11.3. The number of aliphatic hydroxyl groups excluding tert-OH is 1. The maximum absolute atomic E-state index is 8.77. The Kier molecular flexibility index (Phi) is 12.2. The first-order chi connectivity index (χ1) is 15.2. The second-order valence-corrected chi connectivity index (χ2v) is 8.77. The molecule has 0 amide bonds. The number of rotatable bonds is 5. The van der Waals surface area contributed by atoms with Crippen LogP contribution in [-0.4, -0.2) is 12.2 Å². The monoisotopic (exact) mass is 435 g/mol. The highest BCUT2D eigenvalue weighted by Crippen LogP contribution is 2.25. The summed E-state index contributed by atoms with van der Waals surface area (Å²) in [5, 5.41) is 8.77. The van der Waals surface area contributed by atoms with Crippen LogP contribution in [0.15, 0.2) is 72.8 Å². The number of nitrogen functional groups attached to an aromatic ring is 1. The third-order valence-electron chi connectivity index (χ3n) is 5.19. The van der Waals surface area contributed by atoms with Gasteiger partial charge in [0.15, 0.2) is 0 Å². The zero-order valence-corrected chi connectivity index (χ0v) is 20.8. The molecule has 0 fully saturated rings. The minimum Gasteiger partial charge on any atom is -0.496 e. The molecule has 3 nitrogen and oxygen atoms in total. The maximum Gasteiger partial charge on any atom is 0.122 e.